The summed E-state index contributed by atoms with van der Waals surface area (Å²) in [7, 11) is 0. The van der Waals surface area contributed by atoms with Crippen LogP contribution in [0.1, 0.15) is 10.4 Å². The molecule has 0 saturated heterocycles. The third-order valence-corrected chi connectivity index (χ3v) is 3.36. The third kappa shape index (κ3) is 4.54. The van der Waals surface area contributed by atoms with Crippen molar-refractivity contribution in [3.05, 3.63) is 63.3 Å². The molecule has 0 spiro atoms. The first-order valence-electron chi connectivity index (χ1n) is 6.13. The number of rotatable bonds is 4. The standard InChI is InChI=1S/C15H10BrClFNO3/c16-9-1-6-12(13(18)7-9)15(21)22-8-14(20)19-11-4-2-10(17)3-5-11/h1-7H,8H2,(H,19,20). The molecular formula is C15H10BrClFNO3. The van der Waals surface area contributed by atoms with Crippen molar-refractivity contribution in [2.24, 2.45) is 0 Å². The molecule has 2 aromatic carbocycles. The van der Waals surface area contributed by atoms with Crippen molar-refractivity contribution in [3.63, 3.8) is 0 Å². The van der Waals surface area contributed by atoms with Crippen molar-refractivity contribution >= 4 is 45.1 Å². The van der Waals surface area contributed by atoms with Gasteiger partial charge in [0, 0.05) is 15.2 Å². The number of carbonyl (C=O) groups excluding carboxylic acids is 2. The largest absolute Gasteiger partial charge is 0.452 e. The lowest BCUT2D eigenvalue weighted by Gasteiger charge is -2.07. The van der Waals surface area contributed by atoms with Crippen molar-refractivity contribution < 1.29 is 18.7 Å². The molecule has 114 valence electrons. The SMILES string of the molecule is O=C(COC(=O)c1ccc(Br)cc1F)Nc1ccc(Cl)cc1. The summed E-state index contributed by atoms with van der Waals surface area (Å²) < 4.78 is 18.8. The molecule has 2 rings (SSSR count). The predicted molar refractivity (Wildman–Crippen MR) is 84.5 cm³/mol. The van der Waals surface area contributed by atoms with Crippen molar-refractivity contribution in [3.8, 4) is 0 Å². The van der Waals surface area contributed by atoms with Gasteiger partial charge in [0.15, 0.2) is 6.61 Å². The van der Waals surface area contributed by atoms with Gasteiger partial charge in [-0.2, -0.15) is 0 Å². The average Bonchev–Trinajstić information content (AvgIpc) is 2.47. The number of nitrogens with one attached hydrogen (secondary N) is 1. The van der Waals surface area contributed by atoms with Crippen LogP contribution in [-0.2, 0) is 9.53 Å². The van der Waals surface area contributed by atoms with E-state index in [-0.39, 0.29) is 5.56 Å². The zero-order valence-corrected chi connectivity index (χ0v) is 13.4. The normalized spacial score (nSPS) is 10.1. The van der Waals surface area contributed by atoms with Crippen LogP contribution in [0.2, 0.25) is 5.02 Å². The lowest BCUT2D eigenvalue weighted by atomic mass is 10.2. The van der Waals surface area contributed by atoms with Crippen molar-refractivity contribution in [1.82, 2.24) is 0 Å². The number of ether oxygens (including phenoxy) is 1. The molecular weight excluding hydrogens is 377 g/mol. The van der Waals surface area contributed by atoms with E-state index in [1.165, 1.54) is 12.1 Å². The average molecular weight is 387 g/mol. The van der Waals surface area contributed by atoms with Crippen molar-refractivity contribution in [1.29, 1.82) is 0 Å². The van der Waals surface area contributed by atoms with Crippen LogP contribution < -0.4 is 5.32 Å². The summed E-state index contributed by atoms with van der Waals surface area (Å²) in [4.78, 5) is 23.4. The van der Waals surface area contributed by atoms with Crippen LogP contribution in [0.3, 0.4) is 0 Å². The first-order valence-corrected chi connectivity index (χ1v) is 7.30. The number of esters is 1. The maximum atomic E-state index is 13.6. The molecule has 0 aromatic heterocycles. The Balaban J connectivity index is 1.90. The number of hydrogen-bond acceptors (Lipinski definition) is 3. The van der Waals surface area contributed by atoms with Crippen LogP contribution in [0, 0.1) is 5.82 Å². The highest BCUT2D eigenvalue weighted by atomic mass is 79.9. The van der Waals surface area contributed by atoms with Gasteiger partial charge < -0.3 is 10.1 Å². The molecule has 0 aliphatic rings. The fourth-order valence-electron chi connectivity index (χ4n) is 1.59. The number of carbonyl (C=O) groups is 2. The van der Waals surface area contributed by atoms with Crippen molar-refractivity contribution in [2.75, 3.05) is 11.9 Å². The van der Waals surface area contributed by atoms with Gasteiger partial charge in [-0.1, -0.05) is 27.5 Å². The van der Waals surface area contributed by atoms with Crippen LogP contribution in [0.25, 0.3) is 0 Å². The minimum atomic E-state index is -0.906. The topological polar surface area (TPSA) is 55.4 Å². The van der Waals surface area contributed by atoms with Gasteiger partial charge in [-0.3, -0.25) is 4.79 Å². The smallest absolute Gasteiger partial charge is 0.341 e. The Morgan fingerprint density at radius 2 is 1.86 bits per heavy atom. The van der Waals surface area contributed by atoms with Gasteiger partial charge in [0.1, 0.15) is 5.82 Å². The molecule has 0 radical (unpaired) electrons. The van der Waals surface area contributed by atoms with Gasteiger partial charge in [-0.05, 0) is 42.5 Å². The highest BCUT2D eigenvalue weighted by Gasteiger charge is 2.15. The van der Waals surface area contributed by atoms with Gasteiger partial charge in [0.2, 0.25) is 0 Å². The monoisotopic (exact) mass is 385 g/mol. The summed E-state index contributed by atoms with van der Waals surface area (Å²) in [6.07, 6.45) is 0. The number of benzene rings is 2. The van der Waals surface area contributed by atoms with E-state index in [1.807, 2.05) is 0 Å². The molecule has 1 amide bonds. The first kappa shape index (κ1) is 16.5. The van der Waals surface area contributed by atoms with Gasteiger partial charge in [0.05, 0.1) is 5.56 Å². The second-order valence-electron chi connectivity index (χ2n) is 4.26. The summed E-state index contributed by atoms with van der Waals surface area (Å²) in [5.74, 6) is -2.16. The van der Waals surface area contributed by atoms with Gasteiger partial charge in [0.25, 0.3) is 5.91 Å². The maximum absolute atomic E-state index is 13.6. The fraction of sp³-hybridized carbons (Fsp3) is 0.0667. The molecule has 0 unspecified atom stereocenters. The van der Waals surface area contributed by atoms with Gasteiger partial charge in [-0.25, -0.2) is 9.18 Å². The summed E-state index contributed by atoms with van der Waals surface area (Å²) in [6, 6.07) is 10.4. The number of anilines is 1. The van der Waals surface area contributed by atoms with Gasteiger partial charge >= 0.3 is 5.97 Å². The molecule has 22 heavy (non-hydrogen) atoms. The number of halogens is 3. The fourth-order valence-corrected chi connectivity index (χ4v) is 2.05. The minimum absolute atomic E-state index is 0.234. The van der Waals surface area contributed by atoms with Crippen LogP contribution >= 0.6 is 27.5 Å². The summed E-state index contributed by atoms with van der Waals surface area (Å²) >= 11 is 8.81. The summed E-state index contributed by atoms with van der Waals surface area (Å²) in [5.41, 5.74) is 0.280. The Hall–Kier alpha value is -1.92. The second kappa shape index (κ2) is 7.38. The highest BCUT2D eigenvalue weighted by molar-refractivity contribution is 9.10. The van der Waals surface area contributed by atoms with E-state index in [9.17, 15) is 14.0 Å². The van der Waals surface area contributed by atoms with E-state index in [2.05, 4.69) is 21.2 Å². The Morgan fingerprint density at radius 1 is 1.18 bits per heavy atom. The lowest BCUT2D eigenvalue weighted by molar-refractivity contribution is -0.119. The number of amides is 1. The zero-order chi connectivity index (χ0) is 16.1. The molecule has 0 bridgehead atoms. The summed E-state index contributed by atoms with van der Waals surface area (Å²) in [5, 5.41) is 3.06. The quantitative estimate of drug-likeness (QED) is 0.807. The third-order valence-electron chi connectivity index (χ3n) is 2.61. The Morgan fingerprint density at radius 3 is 2.50 bits per heavy atom. The molecule has 0 fully saturated rings. The molecule has 1 N–H and O–H groups in total. The van der Waals surface area contributed by atoms with Crippen LogP contribution in [0.4, 0.5) is 10.1 Å². The summed E-state index contributed by atoms with van der Waals surface area (Å²) in [6.45, 7) is -0.517. The van der Waals surface area contributed by atoms with Crippen LogP contribution in [-0.4, -0.2) is 18.5 Å². The van der Waals surface area contributed by atoms with Gasteiger partial charge in [-0.15, -0.1) is 0 Å². The van der Waals surface area contributed by atoms with Crippen molar-refractivity contribution in [2.45, 2.75) is 0 Å². The van der Waals surface area contributed by atoms with E-state index in [0.717, 1.165) is 6.07 Å². The van der Waals surface area contributed by atoms with E-state index in [1.54, 1.807) is 24.3 Å². The first-order chi connectivity index (χ1) is 10.5. The Labute approximate surface area is 139 Å². The maximum Gasteiger partial charge on any atom is 0.341 e. The predicted octanol–water partition coefficient (Wildman–Crippen LogP) is 4.04. The lowest BCUT2D eigenvalue weighted by Crippen LogP contribution is -2.21. The molecule has 2 aromatic rings. The van der Waals surface area contributed by atoms with E-state index >= 15 is 0 Å². The van der Waals surface area contributed by atoms with Crippen LogP contribution in [0.5, 0.6) is 0 Å². The number of hydrogen-bond donors (Lipinski definition) is 1. The Bertz CT molecular complexity index is 706. The van der Waals surface area contributed by atoms with E-state index < -0.39 is 24.3 Å². The zero-order valence-electron chi connectivity index (χ0n) is 11.1. The highest BCUT2D eigenvalue weighted by Crippen LogP contribution is 2.16. The van der Waals surface area contributed by atoms with E-state index in [4.69, 9.17) is 16.3 Å². The molecule has 0 aliphatic heterocycles. The molecule has 0 aliphatic carbocycles. The molecule has 4 nitrogen and oxygen atoms in total. The minimum Gasteiger partial charge on any atom is -0.452 e. The Kier molecular flexibility index (Phi) is 5.51. The molecule has 0 atom stereocenters. The van der Waals surface area contributed by atoms with E-state index in [0.29, 0.717) is 15.2 Å². The molecule has 7 heteroatoms. The molecule has 0 saturated carbocycles. The molecule has 0 heterocycles. The van der Waals surface area contributed by atoms with Crippen LogP contribution in [0.15, 0.2) is 46.9 Å². The second-order valence-corrected chi connectivity index (χ2v) is 5.61.